The van der Waals surface area contributed by atoms with E-state index in [9.17, 15) is 20.1 Å². The number of pyridine rings is 1. The van der Waals surface area contributed by atoms with Gasteiger partial charge in [0.2, 0.25) is 5.56 Å². The maximum absolute atomic E-state index is 12.1. The van der Waals surface area contributed by atoms with Crippen LogP contribution in [0.15, 0.2) is 83.7 Å². The third kappa shape index (κ3) is 7.94. The molecule has 4 aliphatic rings. The third-order valence-electron chi connectivity index (χ3n) is 12.4. The van der Waals surface area contributed by atoms with E-state index in [1.807, 2.05) is 30.3 Å². The lowest BCUT2D eigenvalue weighted by Gasteiger charge is -2.53. The molecule has 5 N–H and O–H groups in total. The van der Waals surface area contributed by atoms with Crippen molar-refractivity contribution >= 4 is 10.9 Å². The Labute approximate surface area is 307 Å². The summed E-state index contributed by atoms with van der Waals surface area (Å²) in [5, 5.41) is 37.4. The largest absolute Gasteiger partial charge is 0.506 e. The van der Waals surface area contributed by atoms with Gasteiger partial charge in [0.15, 0.2) is 0 Å². The Hall–Kier alpha value is -3.73. The van der Waals surface area contributed by atoms with Gasteiger partial charge in [-0.3, -0.25) is 4.79 Å². The molecule has 3 aromatic carbocycles. The predicted molar refractivity (Wildman–Crippen MR) is 203 cm³/mol. The van der Waals surface area contributed by atoms with Crippen molar-refractivity contribution in [1.82, 2.24) is 10.3 Å². The Bertz CT molecular complexity index is 1820. The van der Waals surface area contributed by atoms with Crippen LogP contribution in [0.3, 0.4) is 0 Å². The quantitative estimate of drug-likeness (QED) is 0.0667. The molecule has 3 saturated heterocycles. The first-order valence-corrected chi connectivity index (χ1v) is 19.5. The molecule has 278 valence electrons. The highest BCUT2D eigenvalue weighted by atomic mass is 16.5. The van der Waals surface area contributed by atoms with Gasteiger partial charge in [0.1, 0.15) is 29.7 Å². The number of nitrogens with zero attached hydrogens (tertiary/aromatic N) is 1. The van der Waals surface area contributed by atoms with E-state index in [4.69, 9.17) is 9.47 Å². The van der Waals surface area contributed by atoms with E-state index in [1.165, 1.54) is 50.9 Å². The van der Waals surface area contributed by atoms with Crippen LogP contribution < -0.4 is 15.6 Å². The number of H-pyrrole nitrogens is 1. The number of phenols is 1. The summed E-state index contributed by atoms with van der Waals surface area (Å²) >= 11 is 0. The molecule has 1 aromatic heterocycles. The first-order valence-electron chi connectivity index (χ1n) is 19.5. The third-order valence-corrected chi connectivity index (χ3v) is 12.4. The zero-order valence-electron chi connectivity index (χ0n) is 30.5. The lowest BCUT2D eigenvalue weighted by molar-refractivity contribution is -0.946. The second-order valence-corrected chi connectivity index (χ2v) is 15.6. The second-order valence-electron chi connectivity index (χ2n) is 15.6. The summed E-state index contributed by atoms with van der Waals surface area (Å²) in [4.78, 5) is 14.4. The van der Waals surface area contributed by atoms with E-state index in [0.717, 1.165) is 60.1 Å². The Kier molecular flexibility index (Phi) is 11.3. The molecule has 1 saturated carbocycles. The van der Waals surface area contributed by atoms with Crippen LogP contribution in [-0.4, -0.2) is 76.8 Å². The number of aromatic amines is 1. The lowest BCUT2D eigenvalue weighted by Crippen LogP contribution is -2.65. The van der Waals surface area contributed by atoms with E-state index in [0.29, 0.717) is 42.1 Å². The number of rotatable bonds is 16. The van der Waals surface area contributed by atoms with Crippen molar-refractivity contribution in [2.45, 2.75) is 82.1 Å². The van der Waals surface area contributed by atoms with Crippen LogP contribution in [0, 0.1) is 11.8 Å². The van der Waals surface area contributed by atoms with Gasteiger partial charge in [-0.2, -0.15) is 0 Å². The van der Waals surface area contributed by atoms with E-state index >= 15 is 0 Å². The van der Waals surface area contributed by atoms with Gasteiger partial charge in [-0.05, 0) is 66.1 Å². The van der Waals surface area contributed by atoms with Gasteiger partial charge in [0, 0.05) is 49.2 Å². The number of phenolic OH excluding ortho intramolecular Hbond substituents is 1. The fourth-order valence-electron chi connectivity index (χ4n) is 9.32. The molecular weight excluding hydrogens is 654 g/mol. The van der Waals surface area contributed by atoms with Crippen molar-refractivity contribution in [3.05, 3.63) is 106 Å². The molecular formula is C43H56N3O6+. The van der Waals surface area contributed by atoms with Crippen molar-refractivity contribution in [1.29, 1.82) is 0 Å². The monoisotopic (exact) mass is 710 g/mol. The Morgan fingerprint density at radius 1 is 0.962 bits per heavy atom. The first kappa shape index (κ1) is 36.6. The van der Waals surface area contributed by atoms with Crippen LogP contribution >= 0.6 is 0 Å². The van der Waals surface area contributed by atoms with Crippen LogP contribution in [-0.2, 0) is 10.3 Å². The number of aromatic nitrogens is 1. The zero-order valence-corrected chi connectivity index (χ0v) is 30.5. The molecule has 0 amide bonds. The summed E-state index contributed by atoms with van der Waals surface area (Å²) in [5.74, 6) is 1.68. The average molecular weight is 711 g/mol. The highest BCUT2D eigenvalue weighted by Crippen LogP contribution is 2.43. The maximum atomic E-state index is 12.1. The number of aliphatic hydroxyl groups is 2. The molecule has 4 aromatic rings. The smallest absolute Gasteiger partial charge is 0.248 e. The van der Waals surface area contributed by atoms with Crippen LogP contribution in [0.5, 0.6) is 11.5 Å². The summed E-state index contributed by atoms with van der Waals surface area (Å²) in [6, 6.07) is 24.7. The predicted octanol–water partition coefficient (Wildman–Crippen LogP) is 6.48. The van der Waals surface area contributed by atoms with Crippen molar-refractivity contribution < 1.29 is 29.3 Å². The Morgan fingerprint density at radius 3 is 2.44 bits per heavy atom. The molecule has 4 fully saturated rings. The maximum Gasteiger partial charge on any atom is 0.248 e. The molecule has 4 atom stereocenters. The molecule has 0 spiro atoms. The number of hydrogen-bond acceptors (Lipinski definition) is 7. The summed E-state index contributed by atoms with van der Waals surface area (Å²) < 4.78 is 14.0. The second kappa shape index (κ2) is 16.1. The molecule has 0 radical (unpaired) electrons. The highest BCUT2D eigenvalue weighted by molar-refractivity contribution is 5.87. The van der Waals surface area contributed by atoms with Gasteiger partial charge >= 0.3 is 0 Å². The molecule has 4 heterocycles. The van der Waals surface area contributed by atoms with Crippen LogP contribution in [0.4, 0.5) is 0 Å². The zero-order chi connectivity index (χ0) is 36.1. The number of hydrogen-bond donors (Lipinski definition) is 5. The number of quaternary nitrogens is 1. The molecule has 3 aliphatic heterocycles. The number of nitrogens with one attached hydrogen (secondary N) is 2. The number of aliphatic hydroxyl groups excluding tert-OH is 1. The molecule has 2 bridgehead atoms. The SMILES string of the molecule is CCC(NC[C@H](O)c1ccc(O)c2[nH]c(=O)ccc12)c1ccc(OCCC[N+]23CCC(CC2)[C@@H](OCC(O)(c2ccccc2)C2CCCC2)C3)cc1. The van der Waals surface area contributed by atoms with Crippen molar-refractivity contribution in [3.8, 4) is 11.5 Å². The van der Waals surface area contributed by atoms with Gasteiger partial charge < -0.3 is 39.6 Å². The standard InChI is InChI=1S/C43H55N3O6/c1-2-37(44-27-39(48)35-17-19-38(47)42-36(35)18-20-41(49)45-42)30-13-15-34(16-14-30)51-26-8-23-46-24-21-31(22-25-46)40(28-46)52-29-43(50,33-11-6-7-12-33)32-9-4-3-5-10-32/h3-5,9-10,13-20,31,33,37,39-40,44,48,50H,2,6-8,11-12,21-29H2,1H3,(H-,45,47,49)/p+1/t31?,37?,39-,40-,43?,46?/m0/s1. The minimum absolute atomic E-state index is 0.0211. The summed E-state index contributed by atoms with van der Waals surface area (Å²) in [6.07, 6.45) is 8.08. The fourth-order valence-corrected chi connectivity index (χ4v) is 9.32. The Balaban J connectivity index is 0.887. The van der Waals surface area contributed by atoms with Crippen molar-refractivity contribution in [2.24, 2.45) is 11.8 Å². The van der Waals surface area contributed by atoms with Crippen LogP contribution in [0.1, 0.15) is 87.1 Å². The molecule has 52 heavy (non-hydrogen) atoms. The van der Waals surface area contributed by atoms with Crippen molar-refractivity contribution in [2.75, 3.05) is 45.9 Å². The average Bonchev–Trinajstić information content (AvgIpc) is 3.74. The Morgan fingerprint density at radius 2 is 1.71 bits per heavy atom. The van der Waals surface area contributed by atoms with Gasteiger partial charge in [-0.15, -0.1) is 0 Å². The van der Waals surface area contributed by atoms with E-state index in [-0.39, 0.29) is 29.4 Å². The fraction of sp³-hybridized carbons (Fsp3) is 0.512. The molecule has 8 rings (SSSR count). The molecule has 1 aliphatic carbocycles. The summed E-state index contributed by atoms with van der Waals surface area (Å²) in [5.41, 5.74) is 1.87. The van der Waals surface area contributed by atoms with Gasteiger partial charge in [-0.1, -0.05) is 68.3 Å². The number of aromatic hydroxyl groups is 1. The van der Waals surface area contributed by atoms with E-state index in [2.05, 4.69) is 41.5 Å². The van der Waals surface area contributed by atoms with Crippen molar-refractivity contribution in [3.63, 3.8) is 0 Å². The lowest BCUT2D eigenvalue weighted by atomic mass is 9.80. The van der Waals surface area contributed by atoms with Gasteiger partial charge in [0.25, 0.3) is 0 Å². The number of fused-ring (bicyclic) bond motifs is 4. The van der Waals surface area contributed by atoms with Gasteiger partial charge in [-0.25, -0.2) is 0 Å². The summed E-state index contributed by atoms with van der Waals surface area (Å²) in [7, 11) is 0. The first-order chi connectivity index (χ1) is 25.3. The normalized spacial score (nSPS) is 24.1. The van der Waals surface area contributed by atoms with Gasteiger partial charge in [0.05, 0.1) is 44.5 Å². The minimum atomic E-state index is -0.918. The number of piperidine rings is 3. The van der Waals surface area contributed by atoms with E-state index in [1.54, 1.807) is 12.1 Å². The van der Waals surface area contributed by atoms with E-state index < -0.39 is 11.7 Å². The van der Waals surface area contributed by atoms with Crippen LogP contribution in [0.25, 0.3) is 10.9 Å². The number of ether oxygens (including phenoxy) is 2. The highest BCUT2D eigenvalue weighted by Gasteiger charge is 2.48. The minimum Gasteiger partial charge on any atom is -0.506 e. The topological polar surface area (TPSA) is 124 Å². The molecule has 9 nitrogen and oxygen atoms in total. The number of benzene rings is 3. The van der Waals surface area contributed by atoms with Crippen LogP contribution in [0.2, 0.25) is 0 Å². The summed E-state index contributed by atoms with van der Waals surface area (Å²) in [6.45, 7) is 7.98. The molecule has 2 unspecified atom stereocenters. The molecule has 9 heteroatoms.